The zero-order valence-corrected chi connectivity index (χ0v) is 29.8. The molecule has 0 radical (unpaired) electrons. The number of carbonyl (C=O) groups excluding carboxylic acids is 1. The zero-order chi connectivity index (χ0) is 33.8. The molecule has 3 aromatic rings. The van der Waals surface area contributed by atoms with Crippen LogP contribution >= 0.6 is 0 Å². The van der Waals surface area contributed by atoms with Crippen LogP contribution in [0.3, 0.4) is 0 Å². The quantitative estimate of drug-likeness (QED) is 0.309. The third kappa shape index (κ3) is 6.73. The van der Waals surface area contributed by atoms with Crippen LogP contribution in [-0.4, -0.2) is 114 Å². The molecular formula is C36H51FN6O3S. The third-order valence-corrected chi connectivity index (χ3v) is 12.3. The van der Waals surface area contributed by atoms with Crippen molar-refractivity contribution in [2.45, 2.75) is 72.0 Å². The van der Waals surface area contributed by atoms with E-state index in [1.54, 1.807) is 22.3 Å². The van der Waals surface area contributed by atoms with Crippen molar-refractivity contribution >= 4 is 26.8 Å². The second-order valence-corrected chi connectivity index (χ2v) is 16.9. The lowest BCUT2D eigenvalue weighted by atomic mass is 9.69. The van der Waals surface area contributed by atoms with Crippen molar-refractivity contribution < 1.29 is 17.6 Å². The van der Waals surface area contributed by atoms with Crippen LogP contribution in [0.4, 0.5) is 4.39 Å². The van der Waals surface area contributed by atoms with Crippen LogP contribution in [0.2, 0.25) is 0 Å². The highest BCUT2D eigenvalue weighted by molar-refractivity contribution is 7.88. The van der Waals surface area contributed by atoms with E-state index in [0.29, 0.717) is 54.2 Å². The molecule has 4 heterocycles. The molecule has 1 atom stereocenters. The predicted molar refractivity (Wildman–Crippen MR) is 185 cm³/mol. The minimum absolute atomic E-state index is 0.0146. The average Bonchev–Trinajstić information content (AvgIpc) is 3.34. The molecular weight excluding hydrogens is 616 g/mol. The van der Waals surface area contributed by atoms with E-state index in [0.717, 1.165) is 49.1 Å². The SMILES string of the molecule is Cc1cncc2c1c(CC1CN([C@@H](C(C)C)[C@H]3C[C@H](N4CCN(S(C)(=O)=O)CC4)C3)C1)cn2-c1ccc(F)cc1C(=O)N(C)C(C)C. The Morgan fingerprint density at radius 2 is 1.74 bits per heavy atom. The Bertz CT molecular complexity index is 1720. The van der Waals surface area contributed by atoms with Crippen LogP contribution in [0.25, 0.3) is 16.6 Å². The summed E-state index contributed by atoms with van der Waals surface area (Å²) in [5, 5.41) is 1.16. The Hall–Kier alpha value is -2.86. The minimum atomic E-state index is -3.11. The molecule has 47 heavy (non-hydrogen) atoms. The summed E-state index contributed by atoms with van der Waals surface area (Å²) in [7, 11) is -1.35. The van der Waals surface area contributed by atoms with Gasteiger partial charge >= 0.3 is 0 Å². The van der Waals surface area contributed by atoms with E-state index in [2.05, 4.69) is 41.8 Å². The Morgan fingerprint density at radius 3 is 2.36 bits per heavy atom. The first-order valence-electron chi connectivity index (χ1n) is 17.2. The van der Waals surface area contributed by atoms with Crippen LogP contribution in [0, 0.1) is 30.5 Å². The van der Waals surface area contributed by atoms with Crippen LogP contribution < -0.4 is 0 Å². The Morgan fingerprint density at radius 1 is 1.06 bits per heavy atom. The molecule has 2 saturated heterocycles. The van der Waals surface area contributed by atoms with Crippen LogP contribution in [0.5, 0.6) is 0 Å². The molecule has 0 bridgehead atoms. The van der Waals surface area contributed by atoms with Crippen molar-refractivity contribution in [2.75, 3.05) is 52.6 Å². The predicted octanol–water partition coefficient (Wildman–Crippen LogP) is 4.81. The number of benzene rings is 1. The van der Waals surface area contributed by atoms with Gasteiger partial charge in [-0.05, 0) is 87.1 Å². The van der Waals surface area contributed by atoms with Gasteiger partial charge in [-0.2, -0.15) is 4.31 Å². The van der Waals surface area contributed by atoms with Crippen LogP contribution in [-0.2, 0) is 16.4 Å². The average molecular weight is 667 g/mol. The lowest BCUT2D eigenvalue weighted by molar-refractivity contribution is -0.0496. The zero-order valence-electron chi connectivity index (χ0n) is 29.0. The van der Waals surface area contributed by atoms with Gasteiger partial charge in [-0.3, -0.25) is 19.6 Å². The molecule has 2 aliphatic heterocycles. The number of nitrogens with zero attached hydrogens (tertiary/aromatic N) is 6. The summed E-state index contributed by atoms with van der Waals surface area (Å²) in [4.78, 5) is 24.8. The van der Waals surface area contributed by atoms with Gasteiger partial charge in [0.25, 0.3) is 5.91 Å². The number of pyridine rings is 1. The Balaban J connectivity index is 1.15. The molecule has 2 aromatic heterocycles. The first kappa shape index (κ1) is 34.0. The molecule has 0 unspecified atom stereocenters. The molecule has 3 aliphatic rings. The monoisotopic (exact) mass is 666 g/mol. The molecule has 1 saturated carbocycles. The number of hydrogen-bond acceptors (Lipinski definition) is 6. The number of hydrogen-bond donors (Lipinski definition) is 0. The summed E-state index contributed by atoms with van der Waals surface area (Å²) in [6, 6.07) is 5.58. The van der Waals surface area contributed by atoms with Crippen molar-refractivity contribution in [1.29, 1.82) is 0 Å². The molecule has 11 heteroatoms. The number of fused-ring (bicyclic) bond motifs is 1. The normalized spacial score (nSPS) is 22.5. The van der Waals surface area contributed by atoms with Crippen molar-refractivity contribution in [3.05, 3.63) is 59.3 Å². The van der Waals surface area contributed by atoms with Gasteiger partial charge < -0.3 is 9.47 Å². The molecule has 256 valence electrons. The van der Waals surface area contributed by atoms with E-state index in [1.807, 2.05) is 30.8 Å². The van der Waals surface area contributed by atoms with Gasteiger partial charge in [0.15, 0.2) is 0 Å². The number of likely N-dealkylation sites (tertiary alicyclic amines) is 1. The molecule has 9 nitrogen and oxygen atoms in total. The van der Waals surface area contributed by atoms with Crippen LogP contribution in [0.15, 0.2) is 36.8 Å². The number of carbonyl (C=O) groups is 1. The fraction of sp³-hybridized carbons (Fsp3) is 0.611. The summed E-state index contributed by atoms with van der Waals surface area (Å²) in [6.07, 6.45) is 10.5. The molecule has 0 spiro atoms. The summed E-state index contributed by atoms with van der Waals surface area (Å²) in [5.74, 6) is 1.13. The fourth-order valence-electron chi connectivity index (χ4n) is 8.27. The lowest BCUT2D eigenvalue weighted by Gasteiger charge is -2.55. The van der Waals surface area contributed by atoms with E-state index in [9.17, 15) is 17.6 Å². The van der Waals surface area contributed by atoms with Gasteiger partial charge in [0.05, 0.1) is 29.2 Å². The number of aryl methyl sites for hydroxylation is 1. The molecule has 1 aliphatic carbocycles. The highest BCUT2D eigenvalue weighted by Crippen LogP contribution is 2.42. The van der Waals surface area contributed by atoms with Crippen molar-refractivity contribution in [3.8, 4) is 5.69 Å². The van der Waals surface area contributed by atoms with Crippen molar-refractivity contribution in [2.24, 2.45) is 17.8 Å². The maximum atomic E-state index is 14.5. The lowest BCUT2D eigenvalue weighted by Crippen LogP contribution is -2.62. The molecule has 6 rings (SSSR count). The summed E-state index contributed by atoms with van der Waals surface area (Å²) < 4.78 is 42.0. The maximum Gasteiger partial charge on any atom is 0.256 e. The molecule has 3 fully saturated rings. The third-order valence-electron chi connectivity index (χ3n) is 11.0. The highest BCUT2D eigenvalue weighted by atomic mass is 32.2. The second kappa shape index (κ2) is 13.2. The van der Waals surface area contributed by atoms with E-state index in [4.69, 9.17) is 0 Å². The Kier molecular flexibility index (Phi) is 9.56. The van der Waals surface area contributed by atoms with Gasteiger partial charge in [0.2, 0.25) is 10.0 Å². The fourth-order valence-corrected chi connectivity index (χ4v) is 9.10. The van der Waals surface area contributed by atoms with E-state index in [-0.39, 0.29) is 11.9 Å². The van der Waals surface area contributed by atoms with Gasteiger partial charge in [0.1, 0.15) is 5.82 Å². The molecule has 0 N–H and O–H groups in total. The van der Waals surface area contributed by atoms with Gasteiger partial charge in [-0.25, -0.2) is 12.8 Å². The number of halogens is 1. The highest BCUT2D eigenvalue weighted by Gasteiger charge is 2.45. The standard InChI is InChI=1S/C36H51FN6O3S/c1-23(2)35(27-15-30(16-27)40-10-12-42(13-11-40)47(7,45)46)41-20-26(21-41)14-28-22-43(33-19-38-18-25(5)34(28)33)32-9-8-29(37)17-31(32)36(44)39(6)24(3)4/h8-9,17-19,22-24,26-27,30,35H,10-16,20-21H2,1-7H3/t27-,30-,35-/m0/s1. The van der Waals surface area contributed by atoms with E-state index >= 15 is 0 Å². The Labute approximate surface area is 279 Å². The number of sulfonamides is 1. The number of aromatic nitrogens is 2. The molecule has 1 amide bonds. The van der Waals surface area contributed by atoms with E-state index in [1.165, 1.54) is 36.8 Å². The van der Waals surface area contributed by atoms with Gasteiger partial charge in [-0.1, -0.05) is 13.8 Å². The topological polar surface area (TPSA) is 82.0 Å². The van der Waals surface area contributed by atoms with Gasteiger partial charge in [0, 0.05) is 82.2 Å². The largest absolute Gasteiger partial charge is 0.339 e. The first-order chi connectivity index (χ1) is 22.2. The number of rotatable bonds is 10. The second-order valence-electron chi connectivity index (χ2n) is 14.9. The summed E-state index contributed by atoms with van der Waals surface area (Å²) in [6.45, 7) is 15.7. The number of amides is 1. The van der Waals surface area contributed by atoms with Crippen molar-refractivity contribution in [1.82, 2.24) is 28.6 Å². The minimum Gasteiger partial charge on any atom is -0.339 e. The molecule has 1 aromatic carbocycles. The first-order valence-corrected chi connectivity index (χ1v) is 19.0. The van der Waals surface area contributed by atoms with Crippen molar-refractivity contribution in [3.63, 3.8) is 0 Å². The smallest absolute Gasteiger partial charge is 0.256 e. The van der Waals surface area contributed by atoms with E-state index < -0.39 is 15.8 Å². The van der Waals surface area contributed by atoms with Crippen LogP contribution in [0.1, 0.15) is 62.0 Å². The summed E-state index contributed by atoms with van der Waals surface area (Å²) in [5.41, 5.74) is 4.28. The number of piperazine rings is 1. The van der Waals surface area contributed by atoms with Gasteiger partial charge in [-0.15, -0.1) is 0 Å². The maximum absolute atomic E-state index is 14.5. The summed E-state index contributed by atoms with van der Waals surface area (Å²) >= 11 is 0.